The second-order valence-corrected chi connectivity index (χ2v) is 4.19. The number of alkyl halides is 3. The minimum absolute atomic E-state index is 0.220. The Morgan fingerprint density at radius 2 is 1.95 bits per heavy atom. The zero-order valence-electron chi connectivity index (χ0n) is 10.8. The average Bonchev–Trinajstić information content (AvgIpc) is 2.78. The highest BCUT2D eigenvalue weighted by Crippen LogP contribution is 2.23. The second-order valence-electron chi connectivity index (χ2n) is 4.19. The number of nitrogens with one attached hydrogen (secondary N) is 1. The number of imidazole rings is 1. The van der Waals surface area contributed by atoms with Crippen molar-refractivity contribution in [2.45, 2.75) is 19.5 Å². The lowest BCUT2D eigenvalue weighted by Gasteiger charge is -2.10. The maximum absolute atomic E-state index is 12.0. The molecule has 0 radical (unpaired) electrons. The van der Waals surface area contributed by atoms with Crippen molar-refractivity contribution in [2.24, 2.45) is 0 Å². The van der Waals surface area contributed by atoms with Gasteiger partial charge in [0.15, 0.2) is 0 Å². The van der Waals surface area contributed by atoms with Crippen LogP contribution in [0.25, 0.3) is 0 Å². The van der Waals surface area contributed by atoms with Crippen LogP contribution in [-0.4, -0.2) is 23.0 Å². The molecule has 20 heavy (non-hydrogen) atoms. The van der Waals surface area contributed by atoms with E-state index in [9.17, 15) is 13.2 Å². The Morgan fingerprint density at radius 3 is 2.55 bits per heavy atom. The summed E-state index contributed by atoms with van der Waals surface area (Å²) in [4.78, 5) is 4.20. The van der Waals surface area contributed by atoms with E-state index in [-0.39, 0.29) is 5.75 Å². The van der Waals surface area contributed by atoms with Crippen LogP contribution in [0.5, 0.6) is 5.75 Å². The number of ether oxygens (including phenoxy) is 1. The van der Waals surface area contributed by atoms with Gasteiger partial charge in [-0.25, -0.2) is 4.98 Å². The van der Waals surface area contributed by atoms with E-state index in [1.54, 1.807) is 18.3 Å². The van der Waals surface area contributed by atoms with Crippen LogP contribution in [0.1, 0.15) is 11.4 Å². The fourth-order valence-corrected chi connectivity index (χ4v) is 1.80. The van der Waals surface area contributed by atoms with Gasteiger partial charge in [-0.15, -0.1) is 13.2 Å². The SMILES string of the molecule is CNCc1nccn1Cc1ccc(OC(F)(F)F)cc1. The number of rotatable bonds is 5. The van der Waals surface area contributed by atoms with E-state index in [0.29, 0.717) is 13.1 Å². The molecule has 2 rings (SSSR count). The maximum Gasteiger partial charge on any atom is 0.573 e. The highest BCUT2D eigenvalue weighted by Gasteiger charge is 2.30. The molecule has 0 bridgehead atoms. The standard InChI is InChI=1S/C13H14F3N3O/c1-17-8-12-18-6-7-19(12)9-10-2-4-11(5-3-10)20-13(14,15)16/h2-7,17H,8-9H2,1H3. The zero-order chi connectivity index (χ0) is 14.6. The predicted molar refractivity (Wildman–Crippen MR) is 67.2 cm³/mol. The lowest BCUT2D eigenvalue weighted by molar-refractivity contribution is -0.274. The van der Waals surface area contributed by atoms with Crippen molar-refractivity contribution < 1.29 is 17.9 Å². The fraction of sp³-hybridized carbons (Fsp3) is 0.308. The van der Waals surface area contributed by atoms with Gasteiger partial charge in [-0.05, 0) is 24.7 Å². The normalized spacial score (nSPS) is 11.6. The molecule has 0 amide bonds. The van der Waals surface area contributed by atoms with Gasteiger partial charge in [-0.1, -0.05) is 12.1 Å². The Labute approximate surface area is 114 Å². The molecule has 0 aliphatic rings. The molecule has 4 nitrogen and oxygen atoms in total. The molecule has 0 unspecified atom stereocenters. The third-order valence-corrected chi connectivity index (χ3v) is 2.65. The molecule has 108 valence electrons. The number of benzene rings is 1. The lowest BCUT2D eigenvalue weighted by Crippen LogP contribution is -2.17. The molecule has 0 spiro atoms. The summed E-state index contributed by atoms with van der Waals surface area (Å²) < 4.78 is 41.9. The lowest BCUT2D eigenvalue weighted by atomic mass is 10.2. The van der Waals surface area contributed by atoms with Crippen LogP contribution >= 0.6 is 0 Å². The van der Waals surface area contributed by atoms with Crippen molar-refractivity contribution >= 4 is 0 Å². The molecule has 0 saturated heterocycles. The van der Waals surface area contributed by atoms with Crippen LogP contribution in [0.15, 0.2) is 36.7 Å². The third kappa shape index (κ3) is 3.99. The summed E-state index contributed by atoms with van der Waals surface area (Å²) >= 11 is 0. The molecule has 0 aliphatic carbocycles. The van der Waals surface area contributed by atoms with Gasteiger partial charge in [0, 0.05) is 18.9 Å². The fourth-order valence-electron chi connectivity index (χ4n) is 1.80. The first-order chi connectivity index (χ1) is 9.48. The highest BCUT2D eigenvalue weighted by atomic mass is 19.4. The van der Waals surface area contributed by atoms with E-state index < -0.39 is 6.36 Å². The molecule has 0 saturated carbocycles. The van der Waals surface area contributed by atoms with Gasteiger partial charge in [0.05, 0.1) is 6.54 Å². The van der Waals surface area contributed by atoms with Crippen LogP contribution in [0, 0.1) is 0 Å². The third-order valence-electron chi connectivity index (χ3n) is 2.65. The van der Waals surface area contributed by atoms with E-state index >= 15 is 0 Å². The molecular formula is C13H14F3N3O. The van der Waals surface area contributed by atoms with Gasteiger partial charge >= 0.3 is 6.36 Å². The molecule has 0 aliphatic heterocycles. The summed E-state index contributed by atoms with van der Waals surface area (Å²) in [6.07, 6.45) is -1.15. The summed E-state index contributed by atoms with van der Waals surface area (Å²) in [5, 5.41) is 3.00. The number of hydrogen-bond donors (Lipinski definition) is 1. The summed E-state index contributed by atoms with van der Waals surface area (Å²) in [6.45, 7) is 1.17. The molecule has 1 heterocycles. The Morgan fingerprint density at radius 1 is 1.25 bits per heavy atom. The first-order valence-corrected chi connectivity index (χ1v) is 5.97. The van der Waals surface area contributed by atoms with E-state index in [4.69, 9.17) is 0 Å². The van der Waals surface area contributed by atoms with Gasteiger partial charge in [0.2, 0.25) is 0 Å². The minimum atomic E-state index is -4.66. The summed E-state index contributed by atoms with van der Waals surface area (Å²) in [5.41, 5.74) is 0.870. The molecule has 1 aromatic heterocycles. The van der Waals surface area contributed by atoms with E-state index in [2.05, 4.69) is 15.0 Å². The second kappa shape index (κ2) is 5.96. The quantitative estimate of drug-likeness (QED) is 0.917. The molecule has 1 N–H and O–H groups in total. The monoisotopic (exact) mass is 285 g/mol. The van der Waals surface area contributed by atoms with Crippen LogP contribution in [-0.2, 0) is 13.1 Å². The first-order valence-electron chi connectivity index (χ1n) is 5.97. The smallest absolute Gasteiger partial charge is 0.406 e. The minimum Gasteiger partial charge on any atom is -0.406 e. The van der Waals surface area contributed by atoms with E-state index in [0.717, 1.165) is 11.4 Å². The Bertz CT molecular complexity index is 549. The summed E-state index contributed by atoms with van der Waals surface area (Å²) in [7, 11) is 1.82. The molecule has 7 heteroatoms. The van der Waals surface area contributed by atoms with Crippen molar-refractivity contribution in [3.05, 3.63) is 48.0 Å². The number of hydrogen-bond acceptors (Lipinski definition) is 3. The first kappa shape index (κ1) is 14.4. The van der Waals surface area contributed by atoms with Gasteiger partial charge in [0.1, 0.15) is 11.6 Å². The van der Waals surface area contributed by atoms with Crippen LogP contribution < -0.4 is 10.1 Å². The number of halogens is 3. The van der Waals surface area contributed by atoms with E-state index in [1.807, 2.05) is 17.8 Å². The molecular weight excluding hydrogens is 271 g/mol. The highest BCUT2D eigenvalue weighted by molar-refractivity contribution is 5.27. The van der Waals surface area contributed by atoms with Gasteiger partial charge in [-0.3, -0.25) is 0 Å². The maximum atomic E-state index is 12.0. The zero-order valence-corrected chi connectivity index (χ0v) is 10.8. The van der Waals surface area contributed by atoms with E-state index in [1.165, 1.54) is 12.1 Å². The van der Waals surface area contributed by atoms with Gasteiger partial charge in [-0.2, -0.15) is 0 Å². The van der Waals surface area contributed by atoms with Crippen molar-refractivity contribution in [1.29, 1.82) is 0 Å². The Hall–Kier alpha value is -2.02. The Kier molecular flexibility index (Phi) is 4.29. The summed E-state index contributed by atoms with van der Waals surface area (Å²) in [5.74, 6) is 0.644. The van der Waals surface area contributed by atoms with Crippen molar-refractivity contribution in [2.75, 3.05) is 7.05 Å². The summed E-state index contributed by atoms with van der Waals surface area (Å²) in [6, 6.07) is 5.81. The van der Waals surface area contributed by atoms with Crippen LogP contribution in [0.2, 0.25) is 0 Å². The molecule has 2 aromatic rings. The largest absolute Gasteiger partial charge is 0.573 e. The van der Waals surface area contributed by atoms with Gasteiger partial charge in [0.25, 0.3) is 0 Å². The predicted octanol–water partition coefficient (Wildman–Crippen LogP) is 2.55. The number of aromatic nitrogens is 2. The van der Waals surface area contributed by atoms with Crippen molar-refractivity contribution in [3.8, 4) is 5.75 Å². The van der Waals surface area contributed by atoms with Crippen LogP contribution in [0.4, 0.5) is 13.2 Å². The Balaban J connectivity index is 2.05. The van der Waals surface area contributed by atoms with Crippen molar-refractivity contribution in [3.63, 3.8) is 0 Å². The van der Waals surface area contributed by atoms with Crippen LogP contribution in [0.3, 0.4) is 0 Å². The van der Waals surface area contributed by atoms with Gasteiger partial charge < -0.3 is 14.6 Å². The molecule has 0 atom stereocenters. The average molecular weight is 285 g/mol. The molecule has 1 aromatic carbocycles. The van der Waals surface area contributed by atoms with Crippen molar-refractivity contribution in [1.82, 2.24) is 14.9 Å². The number of nitrogens with zero attached hydrogens (tertiary/aromatic N) is 2. The molecule has 0 fully saturated rings. The topological polar surface area (TPSA) is 39.1 Å².